The largest absolute Gasteiger partial charge is 0.479 e. The lowest BCUT2D eigenvalue weighted by Gasteiger charge is -2.14. The van der Waals surface area contributed by atoms with E-state index in [4.69, 9.17) is 14.7 Å². The number of nitriles is 1. The summed E-state index contributed by atoms with van der Waals surface area (Å²) < 4.78 is 10.5. The van der Waals surface area contributed by atoms with Gasteiger partial charge in [0.05, 0.1) is 18.1 Å². The van der Waals surface area contributed by atoms with Crippen molar-refractivity contribution in [1.82, 2.24) is 0 Å². The van der Waals surface area contributed by atoms with Gasteiger partial charge in [-0.05, 0) is 55.0 Å². The van der Waals surface area contributed by atoms with Gasteiger partial charge in [0.1, 0.15) is 5.75 Å². The minimum absolute atomic E-state index is 0.0280. The van der Waals surface area contributed by atoms with E-state index in [1.54, 1.807) is 54.4 Å². The molecule has 0 N–H and O–H groups in total. The monoisotopic (exact) mass is 378 g/mol. The number of hydrogen-bond donors (Lipinski definition) is 0. The predicted octanol–water partition coefficient (Wildman–Crippen LogP) is 2.27. The van der Waals surface area contributed by atoms with Gasteiger partial charge in [-0.15, -0.1) is 0 Å². The molecule has 1 atom stereocenters. The van der Waals surface area contributed by atoms with Crippen LogP contribution in [0.3, 0.4) is 0 Å². The number of nitrogens with zero attached hydrogens (tertiary/aromatic N) is 2. The zero-order valence-corrected chi connectivity index (χ0v) is 15.5. The maximum atomic E-state index is 12.3. The van der Waals surface area contributed by atoms with Crippen molar-refractivity contribution in [3.05, 3.63) is 59.2 Å². The summed E-state index contributed by atoms with van der Waals surface area (Å²) in [4.78, 5) is 37.7. The second-order valence-electron chi connectivity index (χ2n) is 6.40. The van der Waals surface area contributed by atoms with Crippen LogP contribution in [0.1, 0.15) is 28.4 Å². The first-order valence-electron chi connectivity index (χ1n) is 8.65. The number of anilines is 1. The maximum Gasteiger partial charge on any atom is 0.347 e. The van der Waals surface area contributed by atoms with Crippen LogP contribution < -0.4 is 9.64 Å². The first-order valence-corrected chi connectivity index (χ1v) is 8.65. The molecule has 0 saturated heterocycles. The average Bonchev–Trinajstić information content (AvgIpc) is 2.99. The quantitative estimate of drug-likeness (QED) is 0.565. The van der Waals surface area contributed by atoms with Crippen LogP contribution in [0.15, 0.2) is 42.5 Å². The van der Waals surface area contributed by atoms with Gasteiger partial charge in [0, 0.05) is 18.3 Å². The number of esters is 1. The minimum Gasteiger partial charge on any atom is -0.479 e. The molecule has 28 heavy (non-hydrogen) atoms. The Labute approximate surface area is 162 Å². The van der Waals surface area contributed by atoms with Crippen LogP contribution in [-0.4, -0.2) is 37.4 Å². The Morgan fingerprint density at radius 3 is 2.61 bits per heavy atom. The third-order valence-electron chi connectivity index (χ3n) is 4.45. The first kappa shape index (κ1) is 19.1. The number of ketones is 1. The molecule has 2 aromatic carbocycles. The Morgan fingerprint density at radius 2 is 1.93 bits per heavy atom. The number of fused-ring (bicyclic) bond motifs is 1. The van der Waals surface area contributed by atoms with Gasteiger partial charge in [-0.25, -0.2) is 4.79 Å². The minimum atomic E-state index is -0.910. The first-order chi connectivity index (χ1) is 13.4. The van der Waals surface area contributed by atoms with Gasteiger partial charge in [0.2, 0.25) is 5.91 Å². The molecule has 0 spiro atoms. The van der Waals surface area contributed by atoms with Gasteiger partial charge in [-0.1, -0.05) is 0 Å². The lowest BCUT2D eigenvalue weighted by molar-refractivity contribution is -0.149. The molecule has 0 bridgehead atoms. The van der Waals surface area contributed by atoms with Gasteiger partial charge in [0.25, 0.3) is 0 Å². The summed E-state index contributed by atoms with van der Waals surface area (Å²) >= 11 is 0. The second kappa shape index (κ2) is 7.92. The van der Waals surface area contributed by atoms with Crippen molar-refractivity contribution >= 4 is 23.3 Å². The number of amides is 1. The van der Waals surface area contributed by atoms with Crippen molar-refractivity contribution in [2.45, 2.75) is 19.4 Å². The number of carbonyl (C=O) groups excluding carboxylic acids is 3. The van der Waals surface area contributed by atoms with E-state index in [1.807, 2.05) is 6.07 Å². The fourth-order valence-corrected chi connectivity index (χ4v) is 2.84. The van der Waals surface area contributed by atoms with Crippen LogP contribution in [0, 0.1) is 11.3 Å². The Balaban J connectivity index is 1.55. The molecule has 0 unspecified atom stereocenters. The zero-order valence-electron chi connectivity index (χ0n) is 15.5. The Morgan fingerprint density at radius 1 is 1.21 bits per heavy atom. The van der Waals surface area contributed by atoms with E-state index in [2.05, 4.69) is 0 Å². The van der Waals surface area contributed by atoms with E-state index in [0.717, 1.165) is 11.3 Å². The zero-order chi connectivity index (χ0) is 20.3. The fraction of sp³-hybridized carbons (Fsp3) is 0.238. The van der Waals surface area contributed by atoms with Crippen LogP contribution in [0.5, 0.6) is 5.75 Å². The van der Waals surface area contributed by atoms with Crippen molar-refractivity contribution in [2.75, 3.05) is 18.6 Å². The number of Topliss-reactive ketones (excluding diaryl/α,β-unsaturated/α-hetero) is 1. The van der Waals surface area contributed by atoms with E-state index < -0.39 is 18.7 Å². The van der Waals surface area contributed by atoms with E-state index in [-0.39, 0.29) is 18.1 Å². The van der Waals surface area contributed by atoms with E-state index >= 15 is 0 Å². The molecular formula is C21H18N2O5. The standard InChI is InChI=1S/C21H18N2O5/c1-13(28-17-6-3-14(11-22)4-7-17)21(26)27-12-19(24)15-5-8-18-16(9-15)10-20(25)23(18)2/h3-9,13H,10,12H2,1-2H3/t13-/m1/s1. The molecule has 1 aliphatic rings. The second-order valence-corrected chi connectivity index (χ2v) is 6.40. The number of hydrogen-bond acceptors (Lipinski definition) is 6. The molecule has 7 nitrogen and oxygen atoms in total. The number of ether oxygens (including phenoxy) is 2. The molecule has 1 aliphatic heterocycles. The molecular weight excluding hydrogens is 360 g/mol. The molecule has 7 heteroatoms. The Hall–Kier alpha value is -3.66. The van der Waals surface area contributed by atoms with Crippen LogP contribution >= 0.6 is 0 Å². The van der Waals surface area contributed by atoms with Gasteiger partial charge in [-0.2, -0.15) is 5.26 Å². The van der Waals surface area contributed by atoms with Gasteiger partial charge < -0.3 is 14.4 Å². The van der Waals surface area contributed by atoms with Crippen LogP contribution in [0.2, 0.25) is 0 Å². The van der Waals surface area contributed by atoms with Crippen molar-refractivity contribution in [1.29, 1.82) is 5.26 Å². The van der Waals surface area contributed by atoms with Crippen LogP contribution in [0.4, 0.5) is 5.69 Å². The van der Waals surface area contributed by atoms with Gasteiger partial charge >= 0.3 is 5.97 Å². The molecule has 2 aromatic rings. The summed E-state index contributed by atoms with van der Waals surface area (Å²) in [5.74, 6) is -0.639. The highest BCUT2D eigenvalue weighted by atomic mass is 16.6. The Kier molecular flexibility index (Phi) is 5.41. The van der Waals surface area contributed by atoms with Crippen LogP contribution in [-0.2, 0) is 20.7 Å². The molecule has 0 aromatic heterocycles. The number of carbonyl (C=O) groups is 3. The highest BCUT2D eigenvalue weighted by molar-refractivity contribution is 6.04. The molecule has 3 rings (SSSR count). The summed E-state index contributed by atoms with van der Waals surface area (Å²) in [5, 5.41) is 8.78. The molecule has 0 saturated carbocycles. The third-order valence-corrected chi connectivity index (χ3v) is 4.45. The summed E-state index contributed by atoms with van der Waals surface area (Å²) in [6.45, 7) is 1.10. The Bertz CT molecular complexity index is 975. The number of likely N-dealkylation sites (N-methyl/N-ethyl adjacent to an activating group) is 1. The lowest BCUT2D eigenvalue weighted by atomic mass is 10.1. The smallest absolute Gasteiger partial charge is 0.347 e. The van der Waals surface area contributed by atoms with Gasteiger partial charge in [-0.3, -0.25) is 9.59 Å². The van der Waals surface area contributed by atoms with E-state index in [1.165, 1.54) is 6.92 Å². The molecule has 0 fully saturated rings. The molecule has 1 amide bonds. The van der Waals surface area contributed by atoms with Crippen molar-refractivity contribution in [3.8, 4) is 11.8 Å². The molecule has 0 aliphatic carbocycles. The van der Waals surface area contributed by atoms with Crippen molar-refractivity contribution in [3.63, 3.8) is 0 Å². The normalized spacial score (nSPS) is 13.5. The lowest BCUT2D eigenvalue weighted by Crippen LogP contribution is -2.28. The SMILES string of the molecule is C[C@@H](Oc1ccc(C#N)cc1)C(=O)OCC(=O)c1ccc2c(c1)CC(=O)N2C. The predicted molar refractivity (Wildman–Crippen MR) is 100 cm³/mol. The van der Waals surface area contributed by atoms with Crippen molar-refractivity contribution in [2.24, 2.45) is 0 Å². The summed E-state index contributed by atoms with van der Waals surface area (Å²) in [6, 6.07) is 13.3. The van der Waals surface area contributed by atoms with Gasteiger partial charge in [0.15, 0.2) is 18.5 Å². The maximum absolute atomic E-state index is 12.3. The van der Waals surface area contributed by atoms with E-state index in [9.17, 15) is 14.4 Å². The third kappa shape index (κ3) is 4.01. The van der Waals surface area contributed by atoms with Crippen LogP contribution in [0.25, 0.3) is 0 Å². The fourth-order valence-electron chi connectivity index (χ4n) is 2.84. The molecule has 142 valence electrons. The number of rotatable bonds is 6. The number of benzene rings is 2. The molecule has 1 heterocycles. The summed E-state index contributed by atoms with van der Waals surface area (Å²) in [7, 11) is 1.69. The topological polar surface area (TPSA) is 96.7 Å². The summed E-state index contributed by atoms with van der Waals surface area (Å²) in [6.07, 6.45) is -0.658. The average molecular weight is 378 g/mol. The molecule has 0 radical (unpaired) electrons. The van der Waals surface area contributed by atoms with E-state index in [0.29, 0.717) is 16.9 Å². The van der Waals surface area contributed by atoms with Crippen molar-refractivity contribution < 1.29 is 23.9 Å². The highest BCUT2D eigenvalue weighted by Crippen LogP contribution is 2.28. The summed E-state index contributed by atoms with van der Waals surface area (Å²) in [5.41, 5.74) is 2.43. The highest BCUT2D eigenvalue weighted by Gasteiger charge is 2.25.